The SMILES string of the molecule is COc1cc(NC(=S)N2CCN(C(=O)c3ccco3)CC2)cc(OC)c1OC. The normalized spacial score (nSPS) is 13.8. The monoisotopic (exact) mass is 405 g/mol. The van der Waals surface area contributed by atoms with Crippen LogP contribution in [0.15, 0.2) is 34.9 Å². The van der Waals surface area contributed by atoms with Crippen molar-refractivity contribution in [2.24, 2.45) is 0 Å². The molecule has 2 aromatic rings. The van der Waals surface area contributed by atoms with Gasteiger partial charge in [0.05, 0.1) is 27.6 Å². The molecule has 1 saturated heterocycles. The Morgan fingerprint density at radius 2 is 1.64 bits per heavy atom. The van der Waals surface area contributed by atoms with Gasteiger partial charge in [0.1, 0.15) is 0 Å². The van der Waals surface area contributed by atoms with Crippen LogP contribution in [0.3, 0.4) is 0 Å². The van der Waals surface area contributed by atoms with E-state index in [1.54, 1.807) is 50.5 Å². The van der Waals surface area contributed by atoms with Crippen molar-refractivity contribution in [2.75, 3.05) is 52.8 Å². The summed E-state index contributed by atoms with van der Waals surface area (Å²) in [4.78, 5) is 16.1. The third-order valence-corrected chi connectivity index (χ3v) is 4.86. The van der Waals surface area contributed by atoms with E-state index < -0.39 is 0 Å². The number of methoxy groups -OCH3 is 3. The average molecular weight is 405 g/mol. The van der Waals surface area contributed by atoms with Crippen LogP contribution in [0.5, 0.6) is 17.2 Å². The summed E-state index contributed by atoms with van der Waals surface area (Å²) in [6.45, 7) is 2.39. The lowest BCUT2D eigenvalue weighted by Gasteiger charge is -2.35. The lowest BCUT2D eigenvalue weighted by atomic mass is 10.2. The molecule has 9 heteroatoms. The van der Waals surface area contributed by atoms with Gasteiger partial charge in [0, 0.05) is 44.0 Å². The molecule has 0 atom stereocenters. The van der Waals surface area contributed by atoms with Crippen LogP contribution in [-0.4, -0.2) is 68.3 Å². The number of hydrogen-bond acceptors (Lipinski definition) is 6. The van der Waals surface area contributed by atoms with Gasteiger partial charge in [0.2, 0.25) is 5.75 Å². The first kappa shape index (κ1) is 19.8. The molecule has 0 radical (unpaired) electrons. The Bertz CT molecular complexity index is 807. The fourth-order valence-corrected chi connectivity index (χ4v) is 3.32. The van der Waals surface area contributed by atoms with E-state index in [9.17, 15) is 4.79 Å². The summed E-state index contributed by atoms with van der Waals surface area (Å²) >= 11 is 5.54. The molecule has 1 aromatic carbocycles. The number of carbonyl (C=O) groups is 1. The van der Waals surface area contributed by atoms with Crippen LogP contribution < -0.4 is 19.5 Å². The Morgan fingerprint density at radius 1 is 1.04 bits per heavy atom. The first-order chi connectivity index (χ1) is 13.6. The van der Waals surface area contributed by atoms with Crippen molar-refractivity contribution in [3.8, 4) is 17.2 Å². The van der Waals surface area contributed by atoms with Gasteiger partial charge >= 0.3 is 0 Å². The molecular formula is C19H23N3O5S. The molecule has 0 spiro atoms. The minimum Gasteiger partial charge on any atom is -0.493 e. The van der Waals surface area contributed by atoms with Gasteiger partial charge in [-0.1, -0.05) is 0 Å². The number of amides is 1. The van der Waals surface area contributed by atoms with Gasteiger partial charge < -0.3 is 33.7 Å². The molecule has 1 N–H and O–H groups in total. The number of furan rings is 1. The summed E-state index contributed by atoms with van der Waals surface area (Å²) in [6.07, 6.45) is 1.50. The van der Waals surface area contributed by atoms with Crippen LogP contribution in [0, 0.1) is 0 Å². The van der Waals surface area contributed by atoms with Crippen molar-refractivity contribution < 1.29 is 23.4 Å². The molecule has 0 saturated carbocycles. The van der Waals surface area contributed by atoms with Crippen molar-refractivity contribution >= 4 is 28.9 Å². The molecule has 1 aliphatic rings. The van der Waals surface area contributed by atoms with E-state index in [-0.39, 0.29) is 5.91 Å². The molecule has 8 nitrogen and oxygen atoms in total. The van der Waals surface area contributed by atoms with E-state index >= 15 is 0 Å². The molecule has 0 bridgehead atoms. The fraction of sp³-hybridized carbons (Fsp3) is 0.368. The topological polar surface area (TPSA) is 76.4 Å². The second-order valence-electron chi connectivity index (χ2n) is 6.10. The van der Waals surface area contributed by atoms with Crippen LogP contribution >= 0.6 is 12.2 Å². The van der Waals surface area contributed by atoms with E-state index in [4.69, 9.17) is 30.8 Å². The quantitative estimate of drug-likeness (QED) is 0.761. The summed E-state index contributed by atoms with van der Waals surface area (Å²) in [5.41, 5.74) is 0.730. The first-order valence-corrected chi connectivity index (χ1v) is 9.17. The number of benzene rings is 1. The summed E-state index contributed by atoms with van der Waals surface area (Å²) in [5.74, 6) is 1.85. The second-order valence-corrected chi connectivity index (χ2v) is 6.49. The highest BCUT2D eigenvalue weighted by molar-refractivity contribution is 7.80. The van der Waals surface area contributed by atoms with Gasteiger partial charge in [-0.15, -0.1) is 0 Å². The largest absolute Gasteiger partial charge is 0.493 e. The zero-order valence-electron chi connectivity index (χ0n) is 16.1. The Kier molecular flexibility index (Phi) is 6.25. The van der Waals surface area contributed by atoms with Crippen molar-refractivity contribution in [3.63, 3.8) is 0 Å². The zero-order valence-corrected chi connectivity index (χ0v) is 16.9. The summed E-state index contributed by atoms with van der Waals surface area (Å²) in [5, 5.41) is 3.77. The summed E-state index contributed by atoms with van der Waals surface area (Å²) < 4.78 is 21.3. The second kappa shape index (κ2) is 8.83. The van der Waals surface area contributed by atoms with Gasteiger partial charge in [0.15, 0.2) is 22.4 Å². The van der Waals surface area contributed by atoms with Gasteiger partial charge in [-0.3, -0.25) is 4.79 Å². The van der Waals surface area contributed by atoms with Gasteiger partial charge in [-0.2, -0.15) is 0 Å². The maximum Gasteiger partial charge on any atom is 0.289 e. The number of piperazine rings is 1. The molecule has 2 heterocycles. The van der Waals surface area contributed by atoms with Crippen molar-refractivity contribution in [3.05, 3.63) is 36.3 Å². The summed E-state index contributed by atoms with van der Waals surface area (Å²) in [6, 6.07) is 6.97. The van der Waals surface area contributed by atoms with Crippen LogP contribution in [0.4, 0.5) is 5.69 Å². The molecule has 1 fully saturated rings. The molecule has 1 aliphatic heterocycles. The molecule has 0 unspecified atom stereocenters. The number of anilines is 1. The highest BCUT2D eigenvalue weighted by Gasteiger charge is 2.25. The van der Waals surface area contributed by atoms with E-state index in [0.717, 1.165) is 5.69 Å². The standard InChI is InChI=1S/C19H23N3O5S/c1-24-15-11-13(12-16(25-2)17(15)26-3)20-19(28)22-8-6-21(7-9-22)18(23)14-5-4-10-27-14/h4-5,10-12H,6-9H2,1-3H3,(H,20,28). The molecule has 150 valence electrons. The highest BCUT2D eigenvalue weighted by Crippen LogP contribution is 2.40. The Balaban J connectivity index is 1.62. The minimum atomic E-state index is -0.104. The third-order valence-electron chi connectivity index (χ3n) is 4.50. The van der Waals surface area contributed by atoms with Gasteiger partial charge in [-0.25, -0.2) is 0 Å². The average Bonchev–Trinajstić information content (AvgIpc) is 3.27. The number of nitrogens with zero attached hydrogens (tertiary/aromatic N) is 2. The number of nitrogens with one attached hydrogen (secondary N) is 1. The van der Waals surface area contributed by atoms with E-state index in [0.29, 0.717) is 54.3 Å². The smallest absolute Gasteiger partial charge is 0.289 e. The lowest BCUT2D eigenvalue weighted by molar-refractivity contribution is 0.0661. The number of rotatable bonds is 5. The van der Waals surface area contributed by atoms with Crippen LogP contribution in [0.2, 0.25) is 0 Å². The lowest BCUT2D eigenvalue weighted by Crippen LogP contribution is -2.51. The number of hydrogen-bond donors (Lipinski definition) is 1. The van der Waals surface area contributed by atoms with Crippen LogP contribution in [-0.2, 0) is 0 Å². The molecule has 28 heavy (non-hydrogen) atoms. The Morgan fingerprint density at radius 3 is 2.14 bits per heavy atom. The molecule has 0 aliphatic carbocycles. The predicted molar refractivity (Wildman–Crippen MR) is 109 cm³/mol. The molecular weight excluding hydrogens is 382 g/mol. The van der Waals surface area contributed by atoms with E-state index in [1.165, 1.54) is 6.26 Å². The first-order valence-electron chi connectivity index (χ1n) is 8.76. The number of thiocarbonyl (C=S) groups is 1. The number of ether oxygens (including phenoxy) is 3. The van der Waals surface area contributed by atoms with E-state index in [1.807, 2.05) is 4.90 Å². The fourth-order valence-electron chi connectivity index (χ4n) is 3.02. The van der Waals surface area contributed by atoms with Crippen molar-refractivity contribution in [1.82, 2.24) is 9.80 Å². The van der Waals surface area contributed by atoms with E-state index in [2.05, 4.69) is 5.32 Å². The zero-order chi connectivity index (χ0) is 20.1. The van der Waals surface area contributed by atoms with Crippen molar-refractivity contribution in [2.45, 2.75) is 0 Å². The molecule has 3 rings (SSSR count). The molecule has 1 amide bonds. The predicted octanol–water partition coefficient (Wildman–Crippen LogP) is 2.46. The van der Waals surface area contributed by atoms with Gasteiger partial charge in [-0.05, 0) is 24.4 Å². The van der Waals surface area contributed by atoms with Crippen LogP contribution in [0.25, 0.3) is 0 Å². The third kappa shape index (κ3) is 4.14. The maximum atomic E-state index is 12.4. The Labute approximate surface area is 168 Å². The maximum absolute atomic E-state index is 12.4. The summed E-state index contributed by atoms with van der Waals surface area (Å²) in [7, 11) is 4.69. The highest BCUT2D eigenvalue weighted by atomic mass is 32.1. The van der Waals surface area contributed by atoms with Crippen LogP contribution in [0.1, 0.15) is 10.6 Å². The number of carbonyl (C=O) groups excluding carboxylic acids is 1. The van der Waals surface area contributed by atoms with Gasteiger partial charge in [0.25, 0.3) is 5.91 Å². The minimum absolute atomic E-state index is 0.104. The van der Waals surface area contributed by atoms with Crippen molar-refractivity contribution in [1.29, 1.82) is 0 Å². The molecule has 1 aromatic heterocycles. The Hall–Kier alpha value is -2.94.